The van der Waals surface area contributed by atoms with Crippen LogP contribution < -0.4 is 10.1 Å². The number of nitrogens with one attached hydrogen (secondary N) is 1. The zero-order valence-electron chi connectivity index (χ0n) is 11.9. The van der Waals surface area contributed by atoms with Crippen molar-refractivity contribution in [3.63, 3.8) is 0 Å². The lowest BCUT2D eigenvalue weighted by Crippen LogP contribution is -2.22. The molecule has 2 aromatic rings. The number of thiophene rings is 1. The molecular formula is C15H21NO2S. The monoisotopic (exact) mass is 279 g/mol. The van der Waals surface area contributed by atoms with Gasteiger partial charge in [0.1, 0.15) is 17.3 Å². The Morgan fingerprint density at radius 3 is 2.68 bits per heavy atom. The maximum Gasteiger partial charge on any atom is 0.129 e. The summed E-state index contributed by atoms with van der Waals surface area (Å²) in [6.45, 7) is 7.16. The van der Waals surface area contributed by atoms with Crippen LogP contribution in [-0.4, -0.2) is 13.7 Å². The quantitative estimate of drug-likeness (QED) is 0.866. The highest BCUT2D eigenvalue weighted by molar-refractivity contribution is 7.10. The van der Waals surface area contributed by atoms with Crippen LogP contribution >= 0.6 is 11.3 Å². The van der Waals surface area contributed by atoms with Gasteiger partial charge in [0.25, 0.3) is 0 Å². The second-order valence-corrected chi connectivity index (χ2v) is 5.59. The summed E-state index contributed by atoms with van der Waals surface area (Å²) in [6, 6.07) is 4.40. The molecule has 0 saturated carbocycles. The number of furan rings is 1. The van der Waals surface area contributed by atoms with E-state index in [4.69, 9.17) is 9.15 Å². The molecule has 19 heavy (non-hydrogen) atoms. The first-order valence-corrected chi connectivity index (χ1v) is 7.46. The molecule has 0 aliphatic rings. The normalized spacial score (nSPS) is 12.6. The summed E-state index contributed by atoms with van der Waals surface area (Å²) in [5.41, 5.74) is 1.22. The highest BCUT2D eigenvalue weighted by Gasteiger charge is 2.20. The Kier molecular flexibility index (Phi) is 4.66. The van der Waals surface area contributed by atoms with Crippen LogP contribution in [0, 0.1) is 13.8 Å². The standard InChI is InChI=1S/C15H21NO2S/c1-5-6-16-15(13-7-10(2)18-11(13)3)14-8-12(17-4)9-19-14/h7-9,15-16H,5-6H2,1-4H3. The predicted molar refractivity (Wildman–Crippen MR) is 79.2 cm³/mol. The Hall–Kier alpha value is -1.26. The van der Waals surface area contributed by atoms with Crippen LogP contribution in [0.15, 0.2) is 21.9 Å². The summed E-state index contributed by atoms with van der Waals surface area (Å²) >= 11 is 1.72. The Morgan fingerprint density at radius 1 is 1.37 bits per heavy atom. The molecule has 0 bridgehead atoms. The average Bonchev–Trinajstić information content (AvgIpc) is 2.97. The Balaban J connectivity index is 2.32. The summed E-state index contributed by atoms with van der Waals surface area (Å²) in [5.74, 6) is 2.86. The molecule has 0 aliphatic heterocycles. The summed E-state index contributed by atoms with van der Waals surface area (Å²) in [7, 11) is 1.70. The fraction of sp³-hybridized carbons (Fsp3) is 0.467. The van der Waals surface area contributed by atoms with E-state index in [-0.39, 0.29) is 6.04 Å². The number of ether oxygens (including phenoxy) is 1. The molecule has 104 valence electrons. The lowest BCUT2D eigenvalue weighted by atomic mass is 10.1. The molecule has 1 N–H and O–H groups in total. The lowest BCUT2D eigenvalue weighted by molar-refractivity contribution is 0.416. The van der Waals surface area contributed by atoms with Crippen LogP contribution in [0.5, 0.6) is 5.75 Å². The topological polar surface area (TPSA) is 34.4 Å². The molecule has 0 aliphatic carbocycles. The van der Waals surface area contributed by atoms with E-state index < -0.39 is 0 Å². The molecule has 3 nitrogen and oxygen atoms in total. The van der Waals surface area contributed by atoms with E-state index in [1.807, 2.05) is 19.2 Å². The highest BCUT2D eigenvalue weighted by Crippen LogP contribution is 2.33. The largest absolute Gasteiger partial charge is 0.496 e. The van der Waals surface area contributed by atoms with E-state index in [2.05, 4.69) is 24.4 Å². The van der Waals surface area contributed by atoms with Gasteiger partial charge in [0.05, 0.1) is 13.2 Å². The van der Waals surface area contributed by atoms with Gasteiger partial charge in [-0.3, -0.25) is 0 Å². The Morgan fingerprint density at radius 2 is 2.16 bits per heavy atom. The van der Waals surface area contributed by atoms with Gasteiger partial charge in [0.15, 0.2) is 0 Å². The Bertz CT molecular complexity index is 530. The van der Waals surface area contributed by atoms with Crippen LogP contribution in [0.3, 0.4) is 0 Å². The molecule has 1 atom stereocenters. The van der Waals surface area contributed by atoms with Crippen molar-refractivity contribution in [2.75, 3.05) is 13.7 Å². The molecule has 1 unspecified atom stereocenters. The second-order valence-electron chi connectivity index (χ2n) is 4.64. The van der Waals surface area contributed by atoms with Crippen LogP contribution in [0.1, 0.15) is 41.3 Å². The van der Waals surface area contributed by atoms with Crippen molar-refractivity contribution < 1.29 is 9.15 Å². The molecule has 0 spiro atoms. The van der Waals surface area contributed by atoms with Gasteiger partial charge >= 0.3 is 0 Å². The van der Waals surface area contributed by atoms with E-state index in [0.717, 1.165) is 30.2 Å². The minimum atomic E-state index is 0.186. The number of aryl methyl sites for hydroxylation is 2. The van der Waals surface area contributed by atoms with E-state index >= 15 is 0 Å². The van der Waals surface area contributed by atoms with Gasteiger partial charge in [-0.25, -0.2) is 0 Å². The highest BCUT2D eigenvalue weighted by atomic mass is 32.1. The maximum absolute atomic E-state index is 5.66. The van der Waals surface area contributed by atoms with Crippen LogP contribution in [-0.2, 0) is 0 Å². The SMILES string of the molecule is CCCNC(c1cc(OC)cs1)c1cc(C)oc1C. The third-order valence-electron chi connectivity index (χ3n) is 3.10. The first-order valence-electron chi connectivity index (χ1n) is 6.58. The third kappa shape index (κ3) is 3.19. The van der Waals surface area contributed by atoms with Crippen molar-refractivity contribution in [2.45, 2.75) is 33.2 Å². The predicted octanol–water partition coefficient (Wildman–Crippen LogP) is 4.06. The maximum atomic E-state index is 5.66. The molecule has 2 aromatic heterocycles. The number of rotatable bonds is 6. The van der Waals surface area contributed by atoms with Gasteiger partial charge < -0.3 is 14.5 Å². The van der Waals surface area contributed by atoms with Gasteiger partial charge in [-0.1, -0.05) is 6.92 Å². The smallest absolute Gasteiger partial charge is 0.129 e. The molecule has 0 saturated heterocycles. The van der Waals surface area contributed by atoms with Gasteiger partial charge in [-0.05, 0) is 38.9 Å². The molecular weight excluding hydrogens is 258 g/mol. The summed E-state index contributed by atoms with van der Waals surface area (Å²) in [4.78, 5) is 1.26. The zero-order chi connectivity index (χ0) is 13.8. The summed E-state index contributed by atoms with van der Waals surface area (Å²) in [6.07, 6.45) is 1.11. The van der Waals surface area contributed by atoms with E-state index in [1.54, 1.807) is 18.4 Å². The first-order chi connectivity index (χ1) is 9.15. The molecule has 4 heteroatoms. The Labute approximate surface area is 118 Å². The molecule has 0 fully saturated rings. The van der Waals surface area contributed by atoms with E-state index in [1.165, 1.54) is 10.4 Å². The van der Waals surface area contributed by atoms with E-state index in [9.17, 15) is 0 Å². The number of hydrogen-bond donors (Lipinski definition) is 1. The fourth-order valence-electron chi connectivity index (χ4n) is 2.18. The van der Waals surface area contributed by atoms with Crippen molar-refractivity contribution in [3.05, 3.63) is 39.5 Å². The third-order valence-corrected chi connectivity index (χ3v) is 4.08. The van der Waals surface area contributed by atoms with Crippen LogP contribution in [0.25, 0.3) is 0 Å². The molecule has 0 aromatic carbocycles. The van der Waals surface area contributed by atoms with Crippen molar-refractivity contribution in [1.29, 1.82) is 0 Å². The summed E-state index contributed by atoms with van der Waals surface area (Å²) in [5, 5.41) is 5.63. The van der Waals surface area contributed by atoms with Crippen molar-refractivity contribution in [3.8, 4) is 5.75 Å². The fourth-order valence-corrected chi connectivity index (χ4v) is 3.13. The van der Waals surface area contributed by atoms with Crippen LogP contribution in [0.4, 0.5) is 0 Å². The molecule has 2 heterocycles. The summed E-state index contributed by atoms with van der Waals surface area (Å²) < 4.78 is 10.9. The van der Waals surface area contributed by atoms with Gasteiger partial charge in [-0.2, -0.15) is 0 Å². The minimum Gasteiger partial charge on any atom is -0.496 e. The minimum absolute atomic E-state index is 0.186. The second kappa shape index (κ2) is 6.26. The van der Waals surface area contributed by atoms with Crippen molar-refractivity contribution in [1.82, 2.24) is 5.32 Å². The van der Waals surface area contributed by atoms with Crippen molar-refractivity contribution >= 4 is 11.3 Å². The van der Waals surface area contributed by atoms with Crippen molar-refractivity contribution in [2.24, 2.45) is 0 Å². The molecule has 0 amide bonds. The number of hydrogen-bond acceptors (Lipinski definition) is 4. The number of methoxy groups -OCH3 is 1. The van der Waals surface area contributed by atoms with Gasteiger partial charge in [0, 0.05) is 15.8 Å². The first kappa shape index (κ1) is 14.2. The lowest BCUT2D eigenvalue weighted by Gasteiger charge is -2.16. The van der Waals surface area contributed by atoms with Crippen LogP contribution in [0.2, 0.25) is 0 Å². The molecule has 2 rings (SSSR count). The molecule has 0 radical (unpaired) electrons. The van der Waals surface area contributed by atoms with E-state index in [0.29, 0.717) is 0 Å². The zero-order valence-corrected chi connectivity index (χ0v) is 12.8. The van der Waals surface area contributed by atoms with Gasteiger partial charge in [-0.15, -0.1) is 11.3 Å². The average molecular weight is 279 g/mol. The van der Waals surface area contributed by atoms with Gasteiger partial charge in [0.2, 0.25) is 0 Å².